The third-order valence-electron chi connectivity index (χ3n) is 3.36. The summed E-state index contributed by atoms with van der Waals surface area (Å²) in [6, 6.07) is 6.93. The van der Waals surface area contributed by atoms with Crippen molar-refractivity contribution in [3.63, 3.8) is 0 Å². The maximum absolute atomic E-state index is 12.5. The molecule has 0 saturated carbocycles. The van der Waals surface area contributed by atoms with Crippen molar-refractivity contribution in [3.05, 3.63) is 27.8 Å². The average molecular weight is 398 g/mol. The molecular formula is C13H14F3IN2O. The van der Waals surface area contributed by atoms with Gasteiger partial charge in [0.1, 0.15) is 0 Å². The number of hydrogen-bond donors (Lipinski definition) is 1. The molecule has 1 N–H and O–H groups in total. The molecule has 20 heavy (non-hydrogen) atoms. The van der Waals surface area contributed by atoms with Gasteiger partial charge >= 0.3 is 12.2 Å². The topological polar surface area (TPSA) is 32.3 Å². The number of alkyl halides is 3. The number of likely N-dealkylation sites (tertiary alicyclic amines) is 1. The fourth-order valence-corrected chi connectivity index (χ4v) is 2.69. The third kappa shape index (κ3) is 3.77. The van der Waals surface area contributed by atoms with E-state index in [0.29, 0.717) is 5.69 Å². The second-order valence-electron chi connectivity index (χ2n) is 4.71. The van der Waals surface area contributed by atoms with E-state index >= 15 is 0 Å². The van der Waals surface area contributed by atoms with Crippen LogP contribution in [0.25, 0.3) is 0 Å². The van der Waals surface area contributed by atoms with Gasteiger partial charge in [-0.2, -0.15) is 13.2 Å². The molecule has 0 bridgehead atoms. The fraction of sp³-hybridized carbons (Fsp3) is 0.462. The standard InChI is InChI=1S/C13H14F3IN2O/c14-13(15,16)9-5-7-19(8-6-9)12(20)18-11-4-2-1-3-10(11)17/h1-4,9H,5-8H2,(H,18,20). The maximum atomic E-state index is 12.5. The Hall–Kier alpha value is -0.990. The lowest BCUT2D eigenvalue weighted by atomic mass is 9.96. The molecule has 0 aromatic heterocycles. The van der Waals surface area contributed by atoms with Gasteiger partial charge in [-0.1, -0.05) is 12.1 Å². The summed E-state index contributed by atoms with van der Waals surface area (Å²) in [5.41, 5.74) is 0.677. The number of halogens is 4. The highest BCUT2D eigenvalue weighted by Crippen LogP contribution is 2.34. The number of hydrogen-bond acceptors (Lipinski definition) is 1. The molecule has 0 spiro atoms. The van der Waals surface area contributed by atoms with Crippen LogP contribution < -0.4 is 5.32 Å². The molecule has 1 aromatic rings. The second kappa shape index (κ2) is 6.19. The van der Waals surface area contributed by atoms with Crippen LogP contribution in [0, 0.1) is 9.49 Å². The normalized spacial score (nSPS) is 17.1. The first-order valence-electron chi connectivity index (χ1n) is 6.25. The molecule has 7 heteroatoms. The summed E-state index contributed by atoms with van der Waals surface area (Å²) in [5.74, 6) is -1.29. The van der Waals surface area contributed by atoms with Gasteiger partial charge in [0, 0.05) is 16.7 Å². The van der Waals surface area contributed by atoms with Crippen molar-refractivity contribution in [3.8, 4) is 0 Å². The molecule has 1 heterocycles. The molecular weight excluding hydrogens is 384 g/mol. The van der Waals surface area contributed by atoms with Crippen molar-refractivity contribution >= 4 is 34.3 Å². The minimum Gasteiger partial charge on any atom is -0.325 e. The van der Waals surface area contributed by atoms with Gasteiger partial charge in [-0.3, -0.25) is 0 Å². The van der Waals surface area contributed by atoms with Crippen LogP contribution >= 0.6 is 22.6 Å². The van der Waals surface area contributed by atoms with Crippen LogP contribution in [-0.4, -0.2) is 30.2 Å². The number of urea groups is 1. The Kier molecular flexibility index (Phi) is 4.77. The average Bonchev–Trinajstić information content (AvgIpc) is 2.40. The van der Waals surface area contributed by atoms with Crippen LogP contribution in [-0.2, 0) is 0 Å². The lowest BCUT2D eigenvalue weighted by Crippen LogP contribution is -2.44. The maximum Gasteiger partial charge on any atom is 0.391 e. The molecule has 1 saturated heterocycles. The van der Waals surface area contributed by atoms with Gasteiger partial charge < -0.3 is 10.2 Å². The van der Waals surface area contributed by atoms with Crippen molar-refractivity contribution < 1.29 is 18.0 Å². The first-order valence-corrected chi connectivity index (χ1v) is 7.33. The van der Waals surface area contributed by atoms with Crippen LogP contribution in [0.4, 0.5) is 23.7 Å². The number of amides is 2. The first kappa shape index (κ1) is 15.4. The summed E-state index contributed by atoms with van der Waals surface area (Å²) < 4.78 is 38.5. The number of piperidine rings is 1. The van der Waals surface area contributed by atoms with Gasteiger partial charge in [-0.25, -0.2) is 4.79 Å². The molecule has 1 fully saturated rings. The van der Waals surface area contributed by atoms with Crippen LogP contribution in [0.2, 0.25) is 0 Å². The van der Waals surface area contributed by atoms with E-state index in [1.807, 2.05) is 12.1 Å². The Morgan fingerprint density at radius 1 is 1.25 bits per heavy atom. The van der Waals surface area contributed by atoms with E-state index < -0.39 is 12.1 Å². The van der Waals surface area contributed by atoms with Crippen molar-refractivity contribution in [2.75, 3.05) is 18.4 Å². The SMILES string of the molecule is O=C(Nc1ccccc1I)N1CCC(C(F)(F)F)CC1. The van der Waals surface area contributed by atoms with Crippen LogP contribution in [0.15, 0.2) is 24.3 Å². The van der Waals surface area contributed by atoms with E-state index in [1.54, 1.807) is 12.1 Å². The van der Waals surface area contributed by atoms with Crippen molar-refractivity contribution in [1.82, 2.24) is 4.90 Å². The smallest absolute Gasteiger partial charge is 0.325 e. The molecule has 2 amide bonds. The van der Waals surface area contributed by atoms with E-state index in [2.05, 4.69) is 27.9 Å². The summed E-state index contributed by atoms with van der Waals surface area (Å²) in [6.45, 7) is 0.277. The number of carbonyl (C=O) groups excluding carboxylic acids is 1. The van der Waals surface area contributed by atoms with E-state index in [-0.39, 0.29) is 32.0 Å². The Labute approximate surface area is 128 Å². The zero-order valence-electron chi connectivity index (χ0n) is 10.6. The van der Waals surface area contributed by atoms with Crippen molar-refractivity contribution in [1.29, 1.82) is 0 Å². The molecule has 1 aliphatic rings. The molecule has 110 valence electrons. The summed E-state index contributed by atoms with van der Waals surface area (Å²) in [7, 11) is 0. The third-order valence-corrected chi connectivity index (χ3v) is 4.30. The number of rotatable bonds is 1. The zero-order valence-corrected chi connectivity index (χ0v) is 12.7. The number of nitrogens with zero attached hydrogens (tertiary/aromatic N) is 1. The molecule has 0 radical (unpaired) electrons. The largest absolute Gasteiger partial charge is 0.391 e. The molecule has 2 rings (SSSR count). The number of nitrogens with one attached hydrogen (secondary N) is 1. The quantitative estimate of drug-likeness (QED) is 0.711. The number of benzene rings is 1. The molecule has 0 aliphatic carbocycles. The highest BCUT2D eigenvalue weighted by atomic mass is 127. The Bertz CT molecular complexity index is 485. The van der Waals surface area contributed by atoms with Gasteiger partial charge in [0.2, 0.25) is 0 Å². The lowest BCUT2D eigenvalue weighted by molar-refractivity contribution is -0.183. The lowest BCUT2D eigenvalue weighted by Gasteiger charge is -2.32. The minimum absolute atomic E-state index is 0.0250. The molecule has 1 aliphatic heterocycles. The number of carbonyl (C=O) groups is 1. The van der Waals surface area contributed by atoms with Crippen molar-refractivity contribution in [2.45, 2.75) is 19.0 Å². The fourth-order valence-electron chi connectivity index (χ4n) is 2.17. The monoisotopic (exact) mass is 398 g/mol. The summed E-state index contributed by atoms with van der Waals surface area (Å²) in [5, 5.41) is 2.73. The van der Waals surface area contributed by atoms with Crippen molar-refractivity contribution in [2.24, 2.45) is 5.92 Å². The minimum atomic E-state index is -4.16. The molecule has 1 aromatic carbocycles. The molecule has 0 atom stereocenters. The summed E-state index contributed by atoms with van der Waals surface area (Å²) >= 11 is 2.10. The summed E-state index contributed by atoms with van der Waals surface area (Å²) in [6.07, 6.45) is -4.21. The highest BCUT2D eigenvalue weighted by Gasteiger charge is 2.41. The number of para-hydroxylation sites is 1. The predicted octanol–water partition coefficient (Wildman–Crippen LogP) is 4.10. The molecule has 3 nitrogen and oxygen atoms in total. The Morgan fingerprint density at radius 3 is 2.40 bits per heavy atom. The second-order valence-corrected chi connectivity index (χ2v) is 5.88. The molecule has 0 unspecified atom stereocenters. The van der Waals surface area contributed by atoms with Gasteiger partial charge in [-0.05, 0) is 47.6 Å². The van der Waals surface area contributed by atoms with E-state index in [0.717, 1.165) is 3.57 Å². The Morgan fingerprint density at radius 2 is 1.85 bits per heavy atom. The van der Waals surface area contributed by atoms with Gasteiger partial charge in [-0.15, -0.1) is 0 Å². The van der Waals surface area contributed by atoms with Crippen LogP contribution in [0.3, 0.4) is 0 Å². The van der Waals surface area contributed by atoms with Gasteiger partial charge in [0.25, 0.3) is 0 Å². The zero-order chi connectivity index (χ0) is 14.8. The van der Waals surface area contributed by atoms with Gasteiger partial charge in [0.15, 0.2) is 0 Å². The van der Waals surface area contributed by atoms with E-state index in [9.17, 15) is 18.0 Å². The number of anilines is 1. The highest BCUT2D eigenvalue weighted by molar-refractivity contribution is 14.1. The first-order chi connectivity index (χ1) is 9.38. The predicted molar refractivity (Wildman–Crippen MR) is 78.5 cm³/mol. The van der Waals surface area contributed by atoms with E-state index in [4.69, 9.17) is 0 Å². The van der Waals surface area contributed by atoms with Crippen LogP contribution in [0.1, 0.15) is 12.8 Å². The van der Waals surface area contributed by atoms with Gasteiger partial charge in [0.05, 0.1) is 11.6 Å². The van der Waals surface area contributed by atoms with E-state index in [1.165, 1.54) is 4.90 Å². The Balaban J connectivity index is 1.91. The summed E-state index contributed by atoms with van der Waals surface area (Å²) in [4.78, 5) is 13.4. The van der Waals surface area contributed by atoms with Crippen LogP contribution in [0.5, 0.6) is 0 Å².